The molecular weight excluding hydrogens is 186 g/mol. The second-order valence-corrected chi connectivity index (χ2v) is 4.94. The summed E-state index contributed by atoms with van der Waals surface area (Å²) in [6.45, 7) is 7.46. The van der Waals surface area contributed by atoms with Crippen molar-refractivity contribution in [3.05, 3.63) is 0 Å². The molecule has 0 spiro atoms. The van der Waals surface area contributed by atoms with Gasteiger partial charge in [-0.2, -0.15) is 0 Å². The number of nitrogens with one attached hydrogen (secondary N) is 1. The number of amides is 1. The first-order valence-corrected chi connectivity index (χ1v) is 6.46. The standard InChI is InChI=1S/C13H25NO/c1-4-11(5-2)9-14-13(15)12-8-6-7-10(12)3/h10-12H,4-9H2,1-3H3,(H,14,15). The van der Waals surface area contributed by atoms with Crippen molar-refractivity contribution in [2.45, 2.75) is 52.9 Å². The second kappa shape index (κ2) is 6.14. The highest BCUT2D eigenvalue weighted by atomic mass is 16.1. The average Bonchev–Trinajstić information content (AvgIpc) is 2.66. The minimum absolute atomic E-state index is 0.291. The molecule has 1 aliphatic rings. The molecule has 1 rings (SSSR count). The Bertz CT molecular complexity index is 199. The van der Waals surface area contributed by atoms with E-state index in [4.69, 9.17) is 0 Å². The molecule has 1 saturated carbocycles. The van der Waals surface area contributed by atoms with Gasteiger partial charge in [0.05, 0.1) is 0 Å². The van der Waals surface area contributed by atoms with E-state index in [1.54, 1.807) is 0 Å². The van der Waals surface area contributed by atoms with Gasteiger partial charge in [-0.1, -0.05) is 40.0 Å². The summed E-state index contributed by atoms with van der Waals surface area (Å²) >= 11 is 0. The van der Waals surface area contributed by atoms with E-state index in [9.17, 15) is 4.79 Å². The topological polar surface area (TPSA) is 29.1 Å². The lowest BCUT2D eigenvalue weighted by Crippen LogP contribution is -2.35. The molecule has 0 aromatic heterocycles. The fraction of sp³-hybridized carbons (Fsp3) is 0.923. The molecule has 0 radical (unpaired) electrons. The highest BCUT2D eigenvalue weighted by Gasteiger charge is 2.29. The fourth-order valence-corrected chi connectivity index (χ4v) is 2.49. The molecule has 1 aliphatic carbocycles. The van der Waals surface area contributed by atoms with Gasteiger partial charge in [0.2, 0.25) is 5.91 Å². The first-order valence-electron chi connectivity index (χ1n) is 6.46. The van der Waals surface area contributed by atoms with Crippen molar-refractivity contribution in [2.24, 2.45) is 17.8 Å². The second-order valence-electron chi connectivity index (χ2n) is 4.94. The lowest BCUT2D eigenvalue weighted by Gasteiger charge is -2.18. The van der Waals surface area contributed by atoms with Crippen molar-refractivity contribution in [3.8, 4) is 0 Å². The van der Waals surface area contributed by atoms with Crippen LogP contribution in [0, 0.1) is 17.8 Å². The van der Waals surface area contributed by atoms with Gasteiger partial charge in [-0.15, -0.1) is 0 Å². The van der Waals surface area contributed by atoms with Crippen molar-refractivity contribution >= 4 is 5.91 Å². The predicted molar refractivity (Wildman–Crippen MR) is 63.6 cm³/mol. The Balaban J connectivity index is 2.29. The summed E-state index contributed by atoms with van der Waals surface area (Å²) in [6.07, 6.45) is 5.87. The molecular formula is C13H25NO. The van der Waals surface area contributed by atoms with E-state index in [-0.39, 0.29) is 0 Å². The van der Waals surface area contributed by atoms with E-state index in [0.29, 0.717) is 23.7 Å². The number of hydrogen-bond acceptors (Lipinski definition) is 1. The monoisotopic (exact) mass is 211 g/mol. The zero-order valence-electron chi connectivity index (χ0n) is 10.4. The van der Waals surface area contributed by atoms with Gasteiger partial charge in [-0.3, -0.25) is 4.79 Å². The van der Waals surface area contributed by atoms with Gasteiger partial charge in [0.15, 0.2) is 0 Å². The molecule has 0 aromatic rings. The Morgan fingerprint density at radius 2 is 2.00 bits per heavy atom. The van der Waals surface area contributed by atoms with Crippen LogP contribution in [0.15, 0.2) is 0 Å². The molecule has 1 N–H and O–H groups in total. The third-order valence-corrected chi connectivity index (χ3v) is 3.92. The van der Waals surface area contributed by atoms with E-state index in [1.165, 1.54) is 12.8 Å². The van der Waals surface area contributed by atoms with Crippen LogP contribution in [-0.4, -0.2) is 12.5 Å². The van der Waals surface area contributed by atoms with Crippen LogP contribution in [0.5, 0.6) is 0 Å². The molecule has 2 nitrogen and oxygen atoms in total. The van der Waals surface area contributed by atoms with Gasteiger partial charge < -0.3 is 5.32 Å². The van der Waals surface area contributed by atoms with Gasteiger partial charge in [0, 0.05) is 12.5 Å². The summed E-state index contributed by atoms with van der Waals surface area (Å²) in [4.78, 5) is 11.9. The molecule has 0 aromatic carbocycles. The normalized spacial score (nSPS) is 25.9. The van der Waals surface area contributed by atoms with Gasteiger partial charge in [0.25, 0.3) is 0 Å². The number of rotatable bonds is 5. The maximum absolute atomic E-state index is 11.9. The van der Waals surface area contributed by atoms with Crippen LogP contribution in [0.3, 0.4) is 0 Å². The summed E-state index contributed by atoms with van der Waals surface area (Å²) in [5, 5.41) is 3.12. The Kier molecular flexibility index (Phi) is 5.13. The average molecular weight is 211 g/mol. The highest BCUT2D eigenvalue weighted by molar-refractivity contribution is 5.79. The maximum Gasteiger partial charge on any atom is 0.223 e. The zero-order chi connectivity index (χ0) is 11.3. The minimum Gasteiger partial charge on any atom is -0.356 e. The van der Waals surface area contributed by atoms with Crippen LogP contribution >= 0.6 is 0 Å². The highest BCUT2D eigenvalue weighted by Crippen LogP contribution is 2.31. The van der Waals surface area contributed by atoms with E-state index < -0.39 is 0 Å². The van der Waals surface area contributed by atoms with Gasteiger partial charge >= 0.3 is 0 Å². The molecule has 0 bridgehead atoms. The molecule has 2 unspecified atom stereocenters. The SMILES string of the molecule is CCC(CC)CNC(=O)C1CCCC1C. The summed E-state index contributed by atoms with van der Waals surface area (Å²) in [5.74, 6) is 1.84. The Hall–Kier alpha value is -0.530. The smallest absolute Gasteiger partial charge is 0.223 e. The number of carbonyl (C=O) groups excluding carboxylic acids is 1. The lowest BCUT2D eigenvalue weighted by molar-refractivity contribution is -0.126. The van der Waals surface area contributed by atoms with Gasteiger partial charge in [-0.25, -0.2) is 0 Å². The van der Waals surface area contributed by atoms with Crippen LogP contribution in [-0.2, 0) is 4.79 Å². The lowest BCUT2D eigenvalue weighted by atomic mass is 9.96. The Morgan fingerprint density at radius 1 is 1.33 bits per heavy atom. The summed E-state index contributed by atoms with van der Waals surface area (Å²) in [7, 11) is 0. The van der Waals surface area contributed by atoms with Crippen LogP contribution in [0.4, 0.5) is 0 Å². The number of hydrogen-bond donors (Lipinski definition) is 1. The summed E-state index contributed by atoms with van der Waals surface area (Å²) < 4.78 is 0. The van der Waals surface area contributed by atoms with E-state index in [0.717, 1.165) is 25.8 Å². The number of carbonyl (C=O) groups is 1. The quantitative estimate of drug-likeness (QED) is 0.744. The van der Waals surface area contributed by atoms with Crippen molar-refractivity contribution in [1.29, 1.82) is 0 Å². The Labute approximate surface area is 93.8 Å². The Morgan fingerprint density at radius 3 is 2.47 bits per heavy atom. The van der Waals surface area contributed by atoms with Crippen LogP contribution in [0.25, 0.3) is 0 Å². The summed E-state index contributed by atoms with van der Waals surface area (Å²) in [6, 6.07) is 0. The van der Waals surface area contributed by atoms with E-state index >= 15 is 0 Å². The van der Waals surface area contributed by atoms with Gasteiger partial charge in [-0.05, 0) is 24.7 Å². The van der Waals surface area contributed by atoms with Crippen LogP contribution in [0.2, 0.25) is 0 Å². The van der Waals surface area contributed by atoms with Crippen molar-refractivity contribution < 1.29 is 4.79 Å². The molecule has 15 heavy (non-hydrogen) atoms. The first-order chi connectivity index (χ1) is 7.19. The molecule has 88 valence electrons. The third kappa shape index (κ3) is 3.51. The van der Waals surface area contributed by atoms with E-state index in [2.05, 4.69) is 26.1 Å². The molecule has 2 heteroatoms. The predicted octanol–water partition coefficient (Wildman–Crippen LogP) is 2.98. The van der Waals surface area contributed by atoms with Crippen molar-refractivity contribution in [2.75, 3.05) is 6.54 Å². The molecule has 0 heterocycles. The van der Waals surface area contributed by atoms with Crippen molar-refractivity contribution in [3.63, 3.8) is 0 Å². The molecule has 2 atom stereocenters. The molecule has 1 fully saturated rings. The first kappa shape index (κ1) is 12.5. The third-order valence-electron chi connectivity index (χ3n) is 3.92. The van der Waals surface area contributed by atoms with Crippen LogP contribution in [0.1, 0.15) is 52.9 Å². The molecule has 0 aliphatic heterocycles. The molecule has 1 amide bonds. The summed E-state index contributed by atoms with van der Waals surface area (Å²) in [5.41, 5.74) is 0. The zero-order valence-corrected chi connectivity index (χ0v) is 10.4. The minimum atomic E-state index is 0.291. The van der Waals surface area contributed by atoms with Gasteiger partial charge in [0.1, 0.15) is 0 Å². The van der Waals surface area contributed by atoms with Crippen molar-refractivity contribution in [1.82, 2.24) is 5.32 Å². The fourth-order valence-electron chi connectivity index (χ4n) is 2.49. The van der Waals surface area contributed by atoms with E-state index in [1.807, 2.05) is 0 Å². The molecule has 0 saturated heterocycles. The maximum atomic E-state index is 11.9. The largest absolute Gasteiger partial charge is 0.356 e. The van der Waals surface area contributed by atoms with Crippen LogP contribution < -0.4 is 5.32 Å².